The Hall–Kier alpha value is -1.62. The molecule has 1 atom stereocenters. The molecule has 0 aliphatic carbocycles. The molecule has 0 fully saturated rings. The first-order valence-electron chi connectivity index (χ1n) is 22.4. The molecule has 0 aliphatic heterocycles. The summed E-state index contributed by atoms with van der Waals surface area (Å²) >= 11 is 0. The second kappa shape index (κ2) is 42.8. The van der Waals surface area contributed by atoms with Gasteiger partial charge in [0.15, 0.2) is 6.10 Å². The molecule has 0 bridgehead atoms. The summed E-state index contributed by atoms with van der Waals surface area (Å²) in [6.45, 7) is 4.12. The number of carbonyl (C=O) groups is 2. The summed E-state index contributed by atoms with van der Waals surface area (Å²) in [4.78, 5) is 24.3. The molecular weight excluding hydrogens is 633 g/mol. The Bertz CT molecular complexity index is 776. The molecule has 0 aromatic rings. The van der Waals surface area contributed by atoms with E-state index >= 15 is 0 Å². The molecule has 0 rings (SSSR count). The summed E-state index contributed by atoms with van der Waals surface area (Å²) in [6.07, 6.45) is 51.2. The maximum atomic E-state index is 12.2. The first-order chi connectivity index (χ1) is 25.1. The second-order valence-corrected chi connectivity index (χ2v) is 15.1. The van der Waals surface area contributed by atoms with Crippen LogP contribution in [0.1, 0.15) is 239 Å². The Kier molecular flexibility index (Phi) is 41.4. The van der Waals surface area contributed by atoms with Crippen molar-refractivity contribution in [3.8, 4) is 0 Å². The van der Waals surface area contributed by atoms with Crippen LogP contribution in [-0.2, 0) is 19.1 Å². The van der Waals surface area contributed by atoms with Crippen molar-refractivity contribution < 1.29 is 24.2 Å². The van der Waals surface area contributed by atoms with E-state index in [1.807, 2.05) is 0 Å². The summed E-state index contributed by atoms with van der Waals surface area (Å²) in [7, 11) is 0. The van der Waals surface area contributed by atoms with Crippen LogP contribution in [0.4, 0.5) is 0 Å². The van der Waals surface area contributed by atoms with Gasteiger partial charge in [-0.15, -0.1) is 0 Å². The van der Waals surface area contributed by atoms with Gasteiger partial charge in [-0.05, 0) is 57.8 Å². The lowest BCUT2D eigenvalue weighted by atomic mass is 10.0. The van der Waals surface area contributed by atoms with Crippen molar-refractivity contribution in [2.45, 2.75) is 245 Å². The molecule has 51 heavy (non-hydrogen) atoms. The summed E-state index contributed by atoms with van der Waals surface area (Å²) in [5.41, 5.74) is 0. The van der Waals surface area contributed by atoms with Crippen molar-refractivity contribution >= 4 is 11.9 Å². The van der Waals surface area contributed by atoms with E-state index in [2.05, 4.69) is 38.2 Å². The lowest BCUT2D eigenvalue weighted by Crippen LogP contribution is -2.28. The standard InChI is InChI=1S/C46H86O5/c1-3-5-7-9-11-13-15-17-19-20-21-22-23-24-25-26-27-29-31-33-35-37-39-41-46(49)51-44(42-47)43-50-45(48)40-38-36-34-32-30-28-18-16-14-12-10-8-6-4-2/h16,18,33,35,44,47H,3-15,17,19-32,34,36-43H2,1-2H3/b18-16+,35-33+/t44-/m0/s1. The van der Waals surface area contributed by atoms with Gasteiger partial charge in [0.1, 0.15) is 6.61 Å². The van der Waals surface area contributed by atoms with Crippen LogP contribution in [0.15, 0.2) is 24.3 Å². The zero-order valence-electron chi connectivity index (χ0n) is 34.1. The molecule has 0 amide bonds. The predicted molar refractivity (Wildman–Crippen MR) is 219 cm³/mol. The van der Waals surface area contributed by atoms with Gasteiger partial charge < -0.3 is 14.6 Å². The first-order valence-corrected chi connectivity index (χ1v) is 22.4. The van der Waals surface area contributed by atoms with Gasteiger partial charge in [0, 0.05) is 12.8 Å². The Morgan fingerprint density at radius 2 is 0.745 bits per heavy atom. The number of ether oxygens (including phenoxy) is 2. The van der Waals surface area contributed by atoms with Gasteiger partial charge in [0.25, 0.3) is 0 Å². The molecule has 0 aromatic carbocycles. The van der Waals surface area contributed by atoms with Crippen LogP contribution >= 0.6 is 0 Å². The molecule has 5 heteroatoms. The molecule has 5 nitrogen and oxygen atoms in total. The number of allylic oxidation sites excluding steroid dienone is 4. The van der Waals surface area contributed by atoms with E-state index in [4.69, 9.17) is 9.47 Å². The molecule has 0 saturated carbocycles. The third-order valence-corrected chi connectivity index (χ3v) is 9.97. The van der Waals surface area contributed by atoms with Crippen LogP contribution in [0.3, 0.4) is 0 Å². The molecule has 1 N–H and O–H groups in total. The zero-order valence-corrected chi connectivity index (χ0v) is 34.1. The van der Waals surface area contributed by atoms with Crippen molar-refractivity contribution in [1.82, 2.24) is 0 Å². The Balaban J connectivity index is 3.52. The summed E-state index contributed by atoms with van der Waals surface area (Å²) in [5, 5.41) is 9.57. The molecule has 0 saturated heterocycles. The van der Waals surface area contributed by atoms with E-state index in [9.17, 15) is 14.7 Å². The van der Waals surface area contributed by atoms with Crippen LogP contribution < -0.4 is 0 Å². The highest BCUT2D eigenvalue weighted by Gasteiger charge is 2.16. The molecule has 0 heterocycles. The number of hydrogen-bond donors (Lipinski definition) is 1. The fraction of sp³-hybridized carbons (Fsp3) is 0.870. The fourth-order valence-electron chi connectivity index (χ4n) is 6.55. The number of esters is 2. The predicted octanol–water partition coefficient (Wildman–Crippen LogP) is 14.2. The number of hydrogen-bond acceptors (Lipinski definition) is 5. The summed E-state index contributed by atoms with van der Waals surface area (Å²) < 4.78 is 10.6. The first kappa shape index (κ1) is 49.4. The van der Waals surface area contributed by atoms with Gasteiger partial charge >= 0.3 is 11.9 Å². The van der Waals surface area contributed by atoms with E-state index in [1.54, 1.807) is 0 Å². The minimum absolute atomic E-state index is 0.0781. The van der Waals surface area contributed by atoms with Crippen molar-refractivity contribution in [1.29, 1.82) is 0 Å². The van der Waals surface area contributed by atoms with Crippen molar-refractivity contribution in [3.05, 3.63) is 24.3 Å². The van der Waals surface area contributed by atoms with Crippen LogP contribution in [0.25, 0.3) is 0 Å². The highest BCUT2D eigenvalue weighted by atomic mass is 16.6. The van der Waals surface area contributed by atoms with Gasteiger partial charge in [0.05, 0.1) is 6.61 Å². The molecule has 0 unspecified atom stereocenters. The van der Waals surface area contributed by atoms with Gasteiger partial charge in [0.2, 0.25) is 0 Å². The lowest BCUT2D eigenvalue weighted by molar-refractivity contribution is -0.161. The highest BCUT2D eigenvalue weighted by molar-refractivity contribution is 5.70. The SMILES string of the molecule is CCCCCCC/C=C/CCCCCCCC(=O)OC[C@H](CO)OC(=O)CCC/C=C/CCCCCCCCCCCCCCCCCCCC. The molecular formula is C46H86O5. The van der Waals surface area contributed by atoms with E-state index < -0.39 is 6.10 Å². The summed E-state index contributed by atoms with van der Waals surface area (Å²) in [6, 6.07) is 0. The van der Waals surface area contributed by atoms with Crippen LogP contribution in [0.2, 0.25) is 0 Å². The average Bonchev–Trinajstić information content (AvgIpc) is 3.13. The van der Waals surface area contributed by atoms with Crippen LogP contribution in [-0.4, -0.2) is 36.4 Å². The lowest BCUT2D eigenvalue weighted by Gasteiger charge is -2.15. The number of carbonyl (C=O) groups excluding carboxylic acids is 2. The third kappa shape index (κ3) is 41.0. The van der Waals surface area contributed by atoms with Gasteiger partial charge in [-0.2, -0.15) is 0 Å². The van der Waals surface area contributed by atoms with Crippen molar-refractivity contribution in [2.24, 2.45) is 0 Å². The zero-order chi connectivity index (χ0) is 37.1. The van der Waals surface area contributed by atoms with E-state index in [0.717, 1.165) is 44.9 Å². The summed E-state index contributed by atoms with van der Waals surface area (Å²) in [5.74, 6) is -0.630. The monoisotopic (exact) mass is 719 g/mol. The Morgan fingerprint density at radius 3 is 1.12 bits per heavy atom. The van der Waals surface area contributed by atoms with Gasteiger partial charge in [-0.1, -0.05) is 192 Å². The number of aliphatic hydroxyl groups is 1. The van der Waals surface area contributed by atoms with Gasteiger partial charge in [-0.25, -0.2) is 0 Å². The largest absolute Gasteiger partial charge is 0.462 e. The minimum atomic E-state index is -0.786. The molecule has 0 spiro atoms. The van der Waals surface area contributed by atoms with Crippen LogP contribution in [0, 0.1) is 0 Å². The van der Waals surface area contributed by atoms with E-state index in [0.29, 0.717) is 12.8 Å². The quantitative estimate of drug-likeness (QED) is 0.0387. The fourth-order valence-corrected chi connectivity index (χ4v) is 6.55. The van der Waals surface area contributed by atoms with Crippen LogP contribution in [0.5, 0.6) is 0 Å². The molecule has 0 radical (unpaired) electrons. The molecule has 300 valence electrons. The second-order valence-electron chi connectivity index (χ2n) is 15.1. The number of unbranched alkanes of at least 4 members (excludes halogenated alkanes) is 29. The van der Waals surface area contributed by atoms with E-state index in [1.165, 1.54) is 167 Å². The molecule has 0 aromatic heterocycles. The minimum Gasteiger partial charge on any atom is -0.462 e. The molecule has 0 aliphatic rings. The number of rotatable bonds is 41. The maximum Gasteiger partial charge on any atom is 0.306 e. The third-order valence-electron chi connectivity index (χ3n) is 9.97. The highest BCUT2D eigenvalue weighted by Crippen LogP contribution is 2.15. The Morgan fingerprint density at radius 1 is 0.431 bits per heavy atom. The van der Waals surface area contributed by atoms with Crippen molar-refractivity contribution in [2.75, 3.05) is 13.2 Å². The van der Waals surface area contributed by atoms with Gasteiger partial charge in [-0.3, -0.25) is 9.59 Å². The maximum absolute atomic E-state index is 12.2. The average molecular weight is 719 g/mol. The van der Waals surface area contributed by atoms with E-state index in [-0.39, 0.29) is 25.2 Å². The Labute approximate surface area is 317 Å². The normalized spacial score (nSPS) is 12.3. The smallest absolute Gasteiger partial charge is 0.306 e. The topological polar surface area (TPSA) is 72.8 Å². The van der Waals surface area contributed by atoms with Crippen molar-refractivity contribution in [3.63, 3.8) is 0 Å². The number of aliphatic hydroxyl groups excluding tert-OH is 1.